The number of anilines is 2. The van der Waals surface area contributed by atoms with Crippen LogP contribution in [0, 0.1) is 0 Å². The Morgan fingerprint density at radius 3 is 2.15 bits per heavy atom. The normalized spacial score (nSPS) is 13.9. The highest BCUT2D eigenvalue weighted by Crippen LogP contribution is 2.22. The van der Waals surface area contributed by atoms with Gasteiger partial charge in [0.15, 0.2) is 0 Å². The lowest BCUT2D eigenvalue weighted by atomic mass is 10.1. The van der Waals surface area contributed by atoms with Gasteiger partial charge in [0.2, 0.25) is 5.91 Å². The first-order valence-corrected chi connectivity index (χ1v) is 9.66. The molecule has 2 aromatic rings. The summed E-state index contributed by atoms with van der Waals surface area (Å²) < 4.78 is 0. The first-order valence-electron chi connectivity index (χ1n) is 8.90. The smallest absolute Gasteiger partial charge is 0.253 e. The Morgan fingerprint density at radius 2 is 1.52 bits per heavy atom. The molecule has 1 saturated heterocycles. The van der Waals surface area contributed by atoms with E-state index in [0.717, 1.165) is 25.9 Å². The van der Waals surface area contributed by atoms with Crippen molar-refractivity contribution in [2.24, 2.45) is 0 Å². The number of carbonyl (C=O) groups excluding carboxylic acids is 2. The minimum atomic E-state index is -0.207. The average Bonchev–Trinajstić information content (AvgIpc) is 2.66. The van der Waals surface area contributed by atoms with Crippen molar-refractivity contribution in [1.29, 1.82) is 0 Å². The monoisotopic (exact) mass is 405 g/mol. The van der Waals surface area contributed by atoms with Crippen molar-refractivity contribution in [1.82, 2.24) is 4.90 Å². The number of benzene rings is 2. The number of nitrogens with one attached hydrogen (secondary N) is 2. The molecule has 0 aliphatic carbocycles. The molecule has 1 aliphatic heterocycles. The third-order valence-corrected chi connectivity index (χ3v) is 4.81. The SMILES string of the molecule is O=C(CNc1cc(Cl)cc(Cl)c1)Nc1ccc(C(=O)N2CCCCC2)cc1. The lowest BCUT2D eigenvalue weighted by Gasteiger charge is -2.26. The molecule has 7 heteroatoms. The van der Waals surface area contributed by atoms with E-state index in [1.165, 1.54) is 6.42 Å². The molecule has 5 nitrogen and oxygen atoms in total. The van der Waals surface area contributed by atoms with Crippen molar-refractivity contribution < 1.29 is 9.59 Å². The van der Waals surface area contributed by atoms with E-state index in [4.69, 9.17) is 23.2 Å². The van der Waals surface area contributed by atoms with E-state index in [0.29, 0.717) is 27.0 Å². The number of likely N-dealkylation sites (tertiary alicyclic amines) is 1. The highest BCUT2D eigenvalue weighted by Gasteiger charge is 2.17. The first-order chi connectivity index (χ1) is 13.0. The molecule has 1 fully saturated rings. The van der Waals surface area contributed by atoms with Gasteiger partial charge >= 0.3 is 0 Å². The molecule has 1 aliphatic rings. The number of amides is 2. The van der Waals surface area contributed by atoms with Gasteiger partial charge in [0.1, 0.15) is 0 Å². The number of piperidine rings is 1. The molecule has 27 heavy (non-hydrogen) atoms. The summed E-state index contributed by atoms with van der Waals surface area (Å²) in [6.07, 6.45) is 3.31. The minimum Gasteiger partial charge on any atom is -0.376 e. The average molecular weight is 406 g/mol. The van der Waals surface area contributed by atoms with Crippen LogP contribution in [0.2, 0.25) is 10.0 Å². The zero-order valence-electron chi connectivity index (χ0n) is 14.8. The number of rotatable bonds is 5. The number of carbonyl (C=O) groups is 2. The summed E-state index contributed by atoms with van der Waals surface area (Å²) >= 11 is 11.9. The number of halogens is 2. The number of nitrogens with zero attached hydrogens (tertiary/aromatic N) is 1. The molecule has 2 amide bonds. The van der Waals surface area contributed by atoms with Gasteiger partial charge in [0.25, 0.3) is 5.91 Å². The summed E-state index contributed by atoms with van der Waals surface area (Å²) in [5.74, 6) is -0.159. The maximum atomic E-state index is 12.5. The van der Waals surface area contributed by atoms with E-state index in [1.807, 2.05) is 4.90 Å². The van der Waals surface area contributed by atoms with E-state index >= 15 is 0 Å². The summed E-state index contributed by atoms with van der Waals surface area (Å²) in [4.78, 5) is 26.4. The van der Waals surface area contributed by atoms with Gasteiger partial charge in [-0.15, -0.1) is 0 Å². The fourth-order valence-corrected chi connectivity index (χ4v) is 3.55. The van der Waals surface area contributed by atoms with Crippen LogP contribution in [-0.2, 0) is 4.79 Å². The Hall–Kier alpha value is -2.24. The molecule has 1 heterocycles. The van der Waals surface area contributed by atoms with Crippen molar-refractivity contribution in [2.75, 3.05) is 30.3 Å². The van der Waals surface area contributed by atoms with Gasteiger partial charge in [0.05, 0.1) is 6.54 Å². The van der Waals surface area contributed by atoms with Crippen LogP contribution in [0.3, 0.4) is 0 Å². The second-order valence-electron chi connectivity index (χ2n) is 6.49. The second-order valence-corrected chi connectivity index (χ2v) is 7.36. The number of hydrogen-bond donors (Lipinski definition) is 2. The van der Waals surface area contributed by atoms with Gasteiger partial charge in [-0.25, -0.2) is 0 Å². The Bertz CT molecular complexity index is 798. The lowest BCUT2D eigenvalue weighted by Crippen LogP contribution is -2.35. The fourth-order valence-electron chi connectivity index (χ4n) is 3.02. The van der Waals surface area contributed by atoms with E-state index in [-0.39, 0.29) is 18.4 Å². The highest BCUT2D eigenvalue weighted by molar-refractivity contribution is 6.35. The van der Waals surface area contributed by atoms with Crippen molar-refractivity contribution >= 4 is 46.4 Å². The van der Waals surface area contributed by atoms with Crippen LogP contribution in [0.25, 0.3) is 0 Å². The van der Waals surface area contributed by atoms with Gasteiger partial charge in [-0.3, -0.25) is 9.59 Å². The molecule has 0 radical (unpaired) electrons. The standard InChI is InChI=1S/C20H21Cl2N3O2/c21-15-10-16(22)12-18(11-15)23-13-19(26)24-17-6-4-14(5-7-17)20(27)25-8-2-1-3-9-25/h4-7,10-12,23H,1-3,8-9,13H2,(H,24,26). The van der Waals surface area contributed by atoms with Gasteiger partial charge in [-0.05, 0) is 61.7 Å². The minimum absolute atomic E-state index is 0.0482. The molecule has 0 aromatic heterocycles. The topological polar surface area (TPSA) is 61.4 Å². The van der Waals surface area contributed by atoms with E-state index in [2.05, 4.69) is 10.6 Å². The van der Waals surface area contributed by atoms with Gasteiger partial charge < -0.3 is 15.5 Å². The third-order valence-electron chi connectivity index (χ3n) is 4.37. The van der Waals surface area contributed by atoms with Crippen LogP contribution in [-0.4, -0.2) is 36.3 Å². The Balaban J connectivity index is 1.52. The van der Waals surface area contributed by atoms with Crippen molar-refractivity contribution in [3.05, 3.63) is 58.1 Å². The molecule has 0 bridgehead atoms. The van der Waals surface area contributed by atoms with Gasteiger partial charge in [0, 0.05) is 40.1 Å². The van der Waals surface area contributed by atoms with Crippen LogP contribution < -0.4 is 10.6 Å². The lowest BCUT2D eigenvalue weighted by molar-refractivity contribution is -0.114. The van der Waals surface area contributed by atoms with Crippen LogP contribution in [0.4, 0.5) is 11.4 Å². The zero-order chi connectivity index (χ0) is 19.2. The summed E-state index contributed by atoms with van der Waals surface area (Å²) in [5, 5.41) is 6.77. The molecule has 0 unspecified atom stereocenters. The maximum absolute atomic E-state index is 12.5. The van der Waals surface area contributed by atoms with Crippen molar-refractivity contribution in [3.8, 4) is 0 Å². The summed E-state index contributed by atoms with van der Waals surface area (Å²) in [7, 11) is 0. The molecule has 0 saturated carbocycles. The largest absolute Gasteiger partial charge is 0.376 e. The maximum Gasteiger partial charge on any atom is 0.253 e. The number of hydrogen-bond acceptors (Lipinski definition) is 3. The van der Waals surface area contributed by atoms with E-state index < -0.39 is 0 Å². The molecule has 2 N–H and O–H groups in total. The predicted molar refractivity (Wildman–Crippen MR) is 110 cm³/mol. The zero-order valence-corrected chi connectivity index (χ0v) is 16.3. The Kier molecular flexibility index (Phi) is 6.58. The van der Waals surface area contributed by atoms with Crippen LogP contribution >= 0.6 is 23.2 Å². The summed E-state index contributed by atoms with van der Waals surface area (Å²) in [6.45, 7) is 1.71. The van der Waals surface area contributed by atoms with Crippen molar-refractivity contribution in [3.63, 3.8) is 0 Å². The van der Waals surface area contributed by atoms with E-state index in [9.17, 15) is 9.59 Å². The quantitative estimate of drug-likeness (QED) is 0.759. The molecular formula is C20H21Cl2N3O2. The molecule has 3 rings (SSSR count). The molecule has 0 spiro atoms. The van der Waals surface area contributed by atoms with Gasteiger partial charge in [-0.2, -0.15) is 0 Å². The Morgan fingerprint density at radius 1 is 0.889 bits per heavy atom. The van der Waals surface area contributed by atoms with Crippen LogP contribution in [0.5, 0.6) is 0 Å². The summed E-state index contributed by atoms with van der Waals surface area (Å²) in [5.41, 5.74) is 1.95. The molecular weight excluding hydrogens is 385 g/mol. The van der Waals surface area contributed by atoms with Gasteiger partial charge in [-0.1, -0.05) is 23.2 Å². The second kappa shape index (κ2) is 9.11. The molecule has 2 aromatic carbocycles. The third kappa shape index (κ3) is 5.62. The van der Waals surface area contributed by atoms with Crippen LogP contribution in [0.15, 0.2) is 42.5 Å². The predicted octanol–water partition coefficient (Wildman–Crippen LogP) is 4.67. The highest BCUT2D eigenvalue weighted by atomic mass is 35.5. The fraction of sp³-hybridized carbons (Fsp3) is 0.300. The van der Waals surface area contributed by atoms with Crippen LogP contribution in [0.1, 0.15) is 29.6 Å². The van der Waals surface area contributed by atoms with Crippen molar-refractivity contribution in [2.45, 2.75) is 19.3 Å². The summed E-state index contributed by atoms with van der Waals surface area (Å²) in [6, 6.07) is 12.0. The first kappa shape index (κ1) is 19.5. The molecule has 142 valence electrons. The molecule has 0 atom stereocenters. The Labute approximate surface area is 168 Å². The van der Waals surface area contributed by atoms with E-state index in [1.54, 1.807) is 42.5 Å².